The number of ether oxygens (including phenoxy) is 4. The smallest absolute Gasteiger partial charge is 0.414 e. The van der Waals surface area contributed by atoms with E-state index in [-0.39, 0.29) is 38.8 Å². The predicted molar refractivity (Wildman–Crippen MR) is 171 cm³/mol. The lowest BCUT2D eigenvalue weighted by atomic mass is 9.91. The number of nitrogens with one attached hydrogen (secondary N) is 4. The van der Waals surface area contributed by atoms with Crippen LogP contribution in [-0.4, -0.2) is 77.5 Å². The monoisotopic (exact) mass is 660 g/mol. The molecule has 0 saturated carbocycles. The molecule has 0 radical (unpaired) electrons. The molecule has 3 aromatic carbocycles. The summed E-state index contributed by atoms with van der Waals surface area (Å²) >= 11 is 0. The molecule has 252 valence electrons. The van der Waals surface area contributed by atoms with Crippen LogP contribution >= 0.6 is 0 Å². The van der Waals surface area contributed by atoms with Crippen molar-refractivity contribution in [2.24, 2.45) is 9.98 Å². The van der Waals surface area contributed by atoms with Crippen LogP contribution in [0.15, 0.2) is 101 Å². The standard InChI is InChI=1S/C33H36N6O9/c40-18-25-27(33(26(41)16-17-48-33)39-29(34-25)38-32(44)47-21-24-14-8-3-9-15-24)35-28(36-30(42)45-19-22-10-4-1-5-11-22)37-31(43)46-20-23-12-6-2-7-13-23/h1-15,25-27,40-41H,16-21H2,(H2,34,38,39,44)(H2,35,36,37,42,43)/t25-,26-,27-,33-/m0/s1. The summed E-state index contributed by atoms with van der Waals surface area (Å²) in [4.78, 5) is 47.2. The van der Waals surface area contributed by atoms with Crippen molar-refractivity contribution in [1.82, 2.24) is 21.3 Å². The van der Waals surface area contributed by atoms with Crippen molar-refractivity contribution in [3.05, 3.63) is 108 Å². The third-order valence-corrected chi connectivity index (χ3v) is 7.39. The van der Waals surface area contributed by atoms with Crippen molar-refractivity contribution < 1.29 is 43.5 Å². The van der Waals surface area contributed by atoms with Gasteiger partial charge in [-0.25, -0.2) is 24.4 Å². The van der Waals surface area contributed by atoms with Crippen molar-refractivity contribution in [2.75, 3.05) is 13.2 Å². The fourth-order valence-corrected chi connectivity index (χ4v) is 5.05. The highest BCUT2D eigenvalue weighted by molar-refractivity contribution is 6.01. The summed E-state index contributed by atoms with van der Waals surface area (Å²) < 4.78 is 21.9. The molecule has 3 aromatic rings. The minimum absolute atomic E-state index is 0.0119. The summed E-state index contributed by atoms with van der Waals surface area (Å²) in [6.07, 6.45) is -3.82. The van der Waals surface area contributed by atoms with Gasteiger partial charge >= 0.3 is 18.3 Å². The fraction of sp³-hybridized carbons (Fsp3) is 0.303. The summed E-state index contributed by atoms with van der Waals surface area (Å²) in [5, 5.41) is 31.7. The summed E-state index contributed by atoms with van der Waals surface area (Å²) in [7, 11) is 0. The number of benzene rings is 3. The van der Waals surface area contributed by atoms with Gasteiger partial charge in [-0.2, -0.15) is 0 Å². The number of alkyl carbamates (subject to hydrolysis) is 3. The van der Waals surface area contributed by atoms with Gasteiger partial charge in [0.25, 0.3) is 0 Å². The van der Waals surface area contributed by atoms with Crippen molar-refractivity contribution >= 4 is 30.2 Å². The number of carbonyl (C=O) groups excluding carboxylic acids is 3. The second kappa shape index (κ2) is 16.4. The van der Waals surface area contributed by atoms with E-state index >= 15 is 0 Å². The number of aliphatic hydroxyl groups excluding tert-OH is 2. The second-order valence-corrected chi connectivity index (χ2v) is 10.8. The molecule has 5 rings (SSSR count). The van der Waals surface area contributed by atoms with Crippen LogP contribution in [0.5, 0.6) is 0 Å². The van der Waals surface area contributed by atoms with E-state index in [1.807, 2.05) is 30.3 Å². The van der Waals surface area contributed by atoms with Gasteiger partial charge < -0.3 is 34.5 Å². The number of rotatable bonds is 8. The van der Waals surface area contributed by atoms with Gasteiger partial charge in [-0.05, 0) is 16.7 Å². The maximum Gasteiger partial charge on any atom is 0.414 e. The van der Waals surface area contributed by atoms with E-state index in [1.165, 1.54) is 0 Å². The molecule has 2 aliphatic rings. The molecular weight excluding hydrogens is 624 g/mol. The molecule has 2 heterocycles. The van der Waals surface area contributed by atoms with Gasteiger partial charge in [0.05, 0.1) is 13.2 Å². The molecule has 0 bridgehead atoms. The van der Waals surface area contributed by atoms with Gasteiger partial charge in [0.15, 0.2) is 5.72 Å². The first kappa shape index (κ1) is 33.8. The van der Waals surface area contributed by atoms with Gasteiger partial charge in [0.1, 0.15) is 38.0 Å². The van der Waals surface area contributed by atoms with Crippen LogP contribution in [0.4, 0.5) is 14.4 Å². The molecule has 3 amide bonds. The number of hydrogen-bond acceptors (Lipinski definition) is 12. The first-order chi connectivity index (χ1) is 23.3. The second-order valence-electron chi connectivity index (χ2n) is 10.8. The lowest BCUT2D eigenvalue weighted by Gasteiger charge is -2.43. The SMILES string of the molecule is O=C(NC(=N[C@H]1[C@H](CO)N=C(NC(=O)OCc2ccccc2)N[C@@]12OCC[C@@H]2O)NC(=O)OCc1ccccc1)OCc1ccccc1. The average molecular weight is 661 g/mol. The number of nitrogens with zero attached hydrogens (tertiary/aromatic N) is 2. The lowest BCUT2D eigenvalue weighted by Crippen LogP contribution is -2.70. The number of aliphatic hydroxyl groups is 2. The Morgan fingerprint density at radius 3 is 1.73 bits per heavy atom. The summed E-state index contributed by atoms with van der Waals surface area (Å²) in [5.41, 5.74) is 0.456. The third kappa shape index (κ3) is 9.06. The molecule has 2 aliphatic heterocycles. The molecular formula is C33H36N6O9. The Morgan fingerprint density at radius 2 is 1.29 bits per heavy atom. The van der Waals surface area contributed by atoms with Crippen molar-refractivity contribution in [1.29, 1.82) is 0 Å². The zero-order valence-electron chi connectivity index (χ0n) is 25.8. The van der Waals surface area contributed by atoms with Crippen LogP contribution in [0.1, 0.15) is 23.1 Å². The molecule has 0 aromatic heterocycles. The number of hydrogen-bond donors (Lipinski definition) is 6. The maximum atomic E-state index is 12.9. The zero-order chi connectivity index (χ0) is 33.8. The highest BCUT2D eigenvalue weighted by Crippen LogP contribution is 2.34. The topological polar surface area (TPSA) is 201 Å². The van der Waals surface area contributed by atoms with Gasteiger partial charge in [-0.3, -0.25) is 16.0 Å². The van der Waals surface area contributed by atoms with E-state index in [0.29, 0.717) is 0 Å². The van der Waals surface area contributed by atoms with E-state index in [2.05, 4.69) is 31.3 Å². The Morgan fingerprint density at radius 1 is 0.812 bits per heavy atom. The molecule has 1 fully saturated rings. The summed E-state index contributed by atoms with van der Waals surface area (Å²) in [5.74, 6) is -0.571. The van der Waals surface area contributed by atoms with Crippen LogP contribution in [0.2, 0.25) is 0 Å². The number of guanidine groups is 2. The van der Waals surface area contributed by atoms with E-state index in [4.69, 9.17) is 18.9 Å². The van der Waals surface area contributed by atoms with Crippen LogP contribution in [0.3, 0.4) is 0 Å². The molecule has 15 heteroatoms. The van der Waals surface area contributed by atoms with Gasteiger partial charge in [0, 0.05) is 6.42 Å². The average Bonchev–Trinajstić information content (AvgIpc) is 3.47. The van der Waals surface area contributed by atoms with Crippen molar-refractivity contribution in [3.8, 4) is 0 Å². The molecule has 0 unspecified atom stereocenters. The van der Waals surface area contributed by atoms with Gasteiger partial charge in [-0.15, -0.1) is 0 Å². The molecule has 4 atom stereocenters. The van der Waals surface area contributed by atoms with Crippen molar-refractivity contribution in [3.63, 3.8) is 0 Å². The molecule has 15 nitrogen and oxygen atoms in total. The van der Waals surface area contributed by atoms with E-state index in [0.717, 1.165) is 16.7 Å². The lowest BCUT2D eigenvalue weighted by molar-refractivity contribution is -0.0978. The largest absolute Gasteiger partial charge is 0.444 e. The first-order valence-electron chi connectivity index (χ1n) is 15.1. The van der Waals surface area contributed by atoms with Crippen LogP contribution in [-0.2, 0) is 38.8 Å². The minimum atomic E-state index is -1.74. The number of aliphatic imine (C=N–C) groups is 2. The molecule has 48 heavy (non-hydrogen) atoms. The van der Waals surface area contributed by atoms with Crippen LogP contribution < -0.4 is 21.3 Å². The van der Waals surface area contributed by atoms with Gasteiger partial charge in [-0.1, -0.05) is 91.0 Å². The molecule has 6 N–H and O–H groups in total. The Bertz CT molecular complexity index is 1530. The molecule has 1 spiro atoms. The van der Waals surface area contributed by atoms with Gasteiger partial charge in [0.2, 0.25) is 11.9 Å². The first-order valence-corrected chi connectivity index (χ1v) is 15.1. The predicted octanol–water partition coefficient (Wildman–Crippen LogP) is 2.29. The number of carbonyl (C=O) groups is 3. The molecule has 0 aliphatic carbocycles. The quantitative estimate of drug-likeness (QED) is 0.118. The van der Waals surface area contributed by atoms with E-state index in [1.54, 1.807) is 60.7 Å². The summed E-state index contributed by atoms with van der Waals surface area (Å²) in [6.45, 7) is -0.704. The molecule has 1 saturated heterocycles. The highest BCUT2D eigenvalue weighted by atomic mass is 16.6. The van der Waals surface area contributed by atoms with Crippen LogP contribution in [0.25, 0.3) is 0 Å². The van der Waals surface area contributed by atoms with Crippen LogP contribution in [0, 0.1) is 0 Å². The fourth-order valence-electron chi connectivity index (χ4n) is 5.05. The van der Waals surface area contributed by atoms with E-state index < -0.39 is 54.8 Å². The normalized spacial score (nSPS) is 21.2. The Balaban J connectivity index is 1.36. The summed E-state index contributed by atoms with van der Waals surface area (Å²) in [6, 6.07) is 24.5. The third-order valence-electron chi connectivity index (χ3n) is 7.39. The highest BCUT2D eigenvalue weighted by Gasteiger charge is 2.56. The Hall–Kier alpha value is -5.51. The zero-order valence-corrected chi connectivity index (χ0v) is 25.8. The van der Waals surface area contributed by atoms with Crippen molar-refractivity contribution in [2.45, 2.75) is 50.2 Å². The Kier molecular flexibility index (Phi) is 11.5. The Labute approximate surface area is 276 Å². The number of amides is 3. The minimum Gasteiger partial charge on any atom is -0.444 e. The van der Waals surface area contributed by atoms with E-state index in [9.17, 15) is 24.6 Å². The maximum absolute atomic E-state index is 12.9.